The van der Waals surface area contributed by atoms with E-state index in [-0.39, 0.29) is 30.1 Å². The lowest BCUT2D eigenvalue weighted by molar-refractivity contribution is -0.140. The van der Waals surface area contributed by atoms with E-state index in [1.165, 1.54) is 12.1 Å². The predicted molar refractivity (Wildman–Crippen MR) is 107 cm³/mol. The van der Waals surface area contributed by atoms with Gasteiger partial charge in [0, 0.05) is 12.6 Å². The van der Waals surface area contributed by atoms with Crippen LogP contribution in [0.2, 0.25) is 0 Å². The molecular formula is C23H27FN2O2. The van der Waals surface area contributed by atoms with Gasteiger partial charge in [0.2, 0.25) is 11.8 Å². The number of nitrogens with zero attached hydrogens (tertiary/aromatic N) is 1. The van der Waals surface area contributed by atoms with Gasteiger partial charge in [0.25, 0.3) is 0 Å². The Hall–Kier alpha value is -2.69. The lowest BCUT2D eigenvalue weighted by Gasteiger charge is -2.30. The number of benzene rings is 2. The molecule has 1 N–H and O–H groups in total. The fraction of sp³-hybridized carbons (Fsp3) is 0.391. The molecule has 148 valence electrons. The van der Waals surface area contributed by atoms with Crippen molar-refractivity contribution in [3.8, 4) is 0 Å². The molecule has 2 aromatic rings. The van der Waals surface area contributed by atoms with Gasteiger partial charge in [-0.1, -0.05) is 55.3 Å². The van der Waals surface area contributed by atoms with Crippen LogP contribution in [0.25, 0.3) is 0 Å². The highest BCUT2D eigenvalue weighted by Crippen LogP contribution is 2.19. The Bertz CT molecular complexity index is 786. The van der Waals surface area contributed by atoms with E-state index in [4.69, 9.17) is 0 Å². The van der Waals surface area contributed by atoms with Crippen molar-refractivity contribution in [2.45, 2.75) is 57.7 Å². The van der Waals surface area contributed by atoms with E-state index in [0.717, 1.165) is 36.8 Å². The van der Waals surface area contributed by atoms with Gasteiger partial charge in [-0.2, -0.15) is 0 Å². The van der Waals surface area contributed by atoms with Gasteiger partial charge >= 0.3 is 0 Å². The molecule has 0 heterocycles. The van der Waals surface area contributed by atoms with E-state index in [2.05, 4.69) is 5.32 Å². The highest BCUT2D eigenvalue weighted by Gasteiger charge is 2.28. The van der Waals surface area contributed by atoms with E-state index in [9.17, 15) is 14.0 Å². The van der Waals surface area contributed by atoms with Crippen LogP contribution >= 0.6 is 0 Å². The molecule has 2 aromatic carbocycles. The number of carbonyl (C=O) groups excluding carboxylic acids is 2. The van der Waals surface area contributed by atoms with E-state index >= 15 is 0 Å². The van der Waals surface area contributed by atoms with Gasteiger partial charge in [-0.25, -0.2) is 4.39 Å². The number of carbonyl (C=O) groups is 2. The van der Waals surface area contributed by atoms with Gasteiger partial charge in [-0.05, 0) is 43.0 Å². The summed E-state index contributed by atoms with van der Waals surface area (Å²) >= 11 is 0. The molecule has 0 saturated heterocycles. The molecule has 28 heavy (non-hydrogen) atoms. The zero-order valence-corrected chi connectivity index (χ0v) is 16.2. The van der Waals surface area contributed by atoms with Crippen molar-refractivity contribution in [1.29, 1.82) is 0 Å². The highest BCUT2D eigenvalue weighted by molar-refractivity contribution is 5.88. The number of nitrogens with one attached hydrogen (secondary N) is 1. The van der Waals surface area contributed by atoms with Crippen LogP contribution < -0.4 is 5.32 Å². The minimum absolute atomic E-state index is 0.115. The lowest BCUT2D eigenvalue weighted by Crippen LogP contribution is -2.50. The molecule has 0 aliphatic heterocycles. The smallest absolute Gasteiger partial charge is 0.242 e. The summed E-state index contributed by atoms with van der Waals surface area (Å²) in [7, 11) is 0. The van der Waals surface area contributed by atoms with Crippen molar-refractivity contribution < 1.29 is 14.0 Å². The Balaban J connectivity index is 1.73. The van der Waals surface area contributed by atoms with E-state index in [0.29, 0.717) is 6.54 Å². The molecule has 1 saturated carbocycles. The molecule has 3 rings (SSSR count). The summed E-state index contributed by atoms with van der Waals surface area (Å²) in [5, 5.41) is 3.09. The van der Waals surface area contributed by atoms with Crippen LogP contribution in [0.1, 0.15) is 43.7 Å². The number of hydrogen-bond donors (Lipinski definition) is 1. The first-order valence-electron chi connectivity index (χ1n) is 9.91. The molecule has 1 aliphatic rings. The second-order valence-corrected chi connectivity index (χ2v) is 7.48. The van der Waals surface area contributed by atoms with Crippen molar-refractivity contribution >= 4 is 11.8 Å². The molecule has 0 aromatic heterocycles. The second-order valence-electron chi connectivity index (χ2n) is 7.48. The normalized spacial score (nSPS) is 15.2. The molecule has 1 atom stereocenters. The van der Waals surface area contributed by atoms with E-state index < -0.39 is 6.04 Å². The zero-order valence-electron chi connectivity index (χ0n) is 16.2. The third-order valence-electron chi connectivity index (χ3n) is 5.33. The Morgan fingerprint density at radius 2 is 1.68 bits per heavy atom. The largest absolute Gasteiger partial charge is 0.352 e. The molecular weight excluding hydrogens is 355 g/mol. The SMILES string of the molecule is C[C@H](C(=O)NC1CCCC1)N(Cc1ccccc1)C(=O)Cc1ccc(F)cc1. The highest BCUT2D eigenvalue weighted by atomic mass is 19.1. The van der Waals surface area contributed by atoms with Gasteiger partial charge in [0.15, 0.2) is 0 Å². The number of hydrogen-bond acceptors (Lipinski definition) is 2. The first-order valence-corrected chi connectivity index (χ1v) is 9.91. The average molecular weight is 382 g/mol. The minimum atomic E-state index is -0.575. The molecule has 0 spiro atoms. The van der Waals surface area contributed by atoms with Gasteiger partial charge in [-0.3, -0.25) is 9.59 Å². The fourth-order valence-corrected chi connectivity index (χ4v) is 3.63. The summed E-state index contributed by atoms with van der Waals surface area (Å²) in [5.74, 6) is -0.596. The maximum atomic E-state index is 13.1. The number of amides is 2. The number of halogens is 1. The standard InChI is InChI=1S/C23H27FN2O2/c1-17(23(28)25-21-9-5-6-10-21)26(16-19-7-3-2-4-8-19)22(27)15-18-11-13-20(24)14-12-18/h2-4,7-8,11-14,17,21H,5-6,9-10,15-16H2,1H3,(H,25,28)/t17-/m1/s1. The average Bonchev–Trinajstić information content (AvgIpc) is 3.21. The molecule has 5 heteroatoms. The second kappa shape index (κ2) is 9.49. The minimum Gasteiger partial charge on any atom is -0.352 e. The summed E-state index contributed by atoms with van der Waals surface area (Å²) in [6, 6.07) is 15.2. The van der Waals surface area contributed by atoms with E-state index in [1.807, 2.05) is 30.3 Å². The lowest BCUT2D eigenvalue weighted by atomic mass is 10.1. The molecule has 2 amide bonds. The van der Waals surface area contributed by atoms with Crippen LogP contribution in [0.4, 0.5) is 4.39 Å². The van der Waals surface area contributed by atoms with Gasteiger partial charge < -0.3 is 10.2 Å². The number of rotatable bonds is 7. The Morgan fingerprint density at radius 1 is 1.04 bits per heavy atom. The van der Waals surface area contributed by atoms with Crippen LogP contribution in [0.3, 0.4) is 0 Å². The summed E-state index contributed by atoms with van der Waals surface area (Å²) < 4.78 is 13.1. The third kappa shape index (κ3) is 5.41. The van der Waals surface area contributed by atoms with Crippen molar-refractivity contribution in [1.82, 2.24) is 10.2 Å². The van der Waals surface area contributed by atoms with Crippen LogP contribution in [-0.4, -0.2) is 28.8 Å². The van der Waals surface area contributed by atoms with E-state index in [1.54, 1.807) is 24.0 Å². The first kappa shape index (κ1) is 20.1. The monoisotopic (exact) mass is 382 g/mol. The molecule has 1 aliphatic carbocycles. The molecule has 0 unspecified atom stereocenters. The summed E-state index contributed by atoms with van der Waals surface area (Å²) in [6.45, 7) is 2.13. The predicted octanol–water partition coefficient (Wildman–Crippen LogP) is 3.84. The van der Waals surface area contributed by atoms with Crippen molar-refractivity contribution in [2.24, 2.45) is 0 Å². The third-order valence-corrected chi connectivity index (χ3v) is 5.33. The first-order chi connectivity index (χ1) is 13.5. The maximum Gasteiger partial charge on any atom is 0.242 e. The van der Waals surface area contributed by atoms with Crippen molar-refractivity contribution in [2.75, 3.05) is 0 Å². The van der Waals surface area contributed by atoms with Crippen LogP contribution in [0, 0.1) is 5.82 Å². The van der Waals surface area contributed by atoms with Gasteiger partial charge in [-0.15, -0.1) is 0 Å². The fourth-order valence-electron chi connectivity index (χ4n) is 3.63. The summed E-state index contributed by atoms with van der Waals surface area (Å²) in [6.07, 6.45) is 4.41. The van der Waals surface area contributed by atoms with Crippen LogP contribution in [0.15, 0.2) is 54.6 Å². The Morgan fingerprint density at radius 3 is 2.32 bits per heavy atom. The van der Waals surface area contributed by atoms with Crippen LogP contribution in [-0.2, 0) is 22.6 Å². The Labute approximate surface area is 165 Å². The quantitative estimate of drug-likeness (QED) is 0.791. The molecule has 0 bridgehead atoms. The Kier molecular flexibility index (Phi) is 6.80. The maximum absolute atomic E-state index is 13.1. The molecule has 1 fully saturated rings. The van der Waals surface area contributed by atoms with Crippen molar-refractivity contribution in [3.05, 3.63) is 71.5 Å². The van der Waals surface area contributed by atoms with Crippen LogP contribution in [0.5, 0.6) is 0 Å². The van der Waals surface area contributed by atoms with Gasteiger partial charge in [0.1, 0.15) is 11.9 Å². The van der Waals surface area contributed by atoms with Gasteiger partial charge in [0.05, 0.1) is 6.42 Å². The zero-order chi connectivity index (χ0) is 19.9. The molecule has 0 radical (unpaired) electrons. The molecule has 4 nitrogen and oxygen atoms in total. The summed E-state index contributed by atoms with van der Waals surface area (Å²) in [5.41, 5.74) is 1.70. The topological polar surface area (TPSA) is 49.4 Å². The van der Waals surface area contributed by atoms with Crippen molar-refractivity contribution in [3.63, 3.8) is 0 Å². The summed E-state index contributed by atoms with van der Waals surface area (Å²) in [4.78, 5) is 27.4.